The molecule has 23 nitrogen and oxygen atoms in total. The first-order valence-electron chi connectivity index (χ1n) is 31.4. The Morgan fingerprint density at radius 1 is 0.463 bits per heavy atom. The van der Waals surface area contributed by atoms with Gasteiger partial charge in [-0.05, 0) is 166 Å². The van der Waals surface area contributed by atoms with Crippen molar-refractivity contribution in [1.82, 2.24) is 20.9 Å². The van der Waals surface area contributed by atoms with Gasteiger partial charge in [-0.15, -0.1) is 34.0 Å². The first-order chi connectivity index (χ1) is 45.2. The van der Waals surface area contributed by atoms with Gasteiger partial charge in [-0.25, -0.2) is 25.3 Å². The van der Waals surface area contributed by atoms with Gasteiger partial charge in [-0.3, -0.25) is 33.6 Å². The first kappa shape index (κ1) is 71.6. The number of carbonyl (C=O) groups is 7. The van der Waals surface area contributed by atoms with Gasteiger partial charge in [0.1, 0.15) is 32.3 Å². The highest BCUT2D eigenvalue weighted by Gasteiger charge is 2.37. The molecular formula is C66H79N7O16S6. The topological polar surface area (TPSA) is 337 Å². The summed E-state index contributed by atoms with van der Waals surface area (Å²) in [6, 6.07) is 9.26. The Kier molecular flexibility index (Phi) is 24.0. The molecule has 7 amide bonds. The molecule has 9 heterocycles. The van der Waals surface area contributed by atoms with E-state index in [2.05, 4.69) is 52.7 Å². The van der Waals surface area contributed by atoms with Crippen LogP contribution in [0.2, 0.25) is 0 Å². The molecule has 3 aliphatic carbocycles. The van der Waals surface area contributed by atoms with Crippen LogP contribution in [0.5, 0.6) is 0 Å². The number of sulfone groups is 3. The third-order valence-corrected chi connectivity index (χ3v) is 25.5. The maximum absolute atomic E-state index is 13.1. The smallest absolute Gasteiger partial charge is 0.254 e. The molecule has 3 fully saturated rings. The largest absolute Gasteiger partial charge is 0.465 e. The lowest BCUT2D eigenvalue weighted by molar-refractivity contribution is -0.116. The summed E-state index contributed by atoms with van der Waals surface area (Å²) in [5.74, 6) is 1.45. The van der Waals surface area contributed by atoms with Crippen LogP contribution < -0.4 is 31.9 Å². The SMILES string of the molecule is CC1CCc2c(sc(NC(=O)/C=C/c3ccco3)c2C(=O)NC2CCS(=O)(=O)C2)C1.CC1CCc2c(sc(NC(=O)/C=C/c3ccco3)c2C(=O)NC2CCS(=O)(=O)C2)C1.CC1CCc2c(sc(NC(=O)/C=C/c3ccco3)c2C(=O)NC2CCS(=O)(=O)C2)C1.CN(C)C=O. The van der Waals surface area contributed by atoms with Crippen molar-refractivity contribution in [2.24, 2.45) is 17.8 Å². The van der Waals surface area contributed by atoms with Crippen LogP contribution in [0.15, 0.2) is 86.7 Å². The van der Waals surface area contributed by atoms with Crippen LogP contribution in [0.1, 0.15) is 139 Å². The molecule has 510 valence electrons. The zero-order chi connectivity index (χ0) is 68.2. The summed E-state index contributed by atoms with van der Waals surface area (Å²) < 4.78 is 86.0. The lowest BCUT2D eigenvalue weighted by atomic mass is 9.88. The zero-order valence-corrected chi connectivity index (χ0v) is 58.3. The predicted octanol–water partition coefficient (Wildman–Crippen LogP) is 8.81. The standard InChI is InChI=1S/3C21H24N2O5S2.C3H7NO/c3*1-13-4-6-16-17(11-13)29-21(23-18(24)7-5-15-3-2-9-28-15)19(16)20(25)22-14-8-10-30(26,27)12-14;1-4(2)3-5/h3*2-3,5,7,9,13-14H,4,6,8,10-12H2,1H3,(H,22,25)(H,23,24);3H,1-2H3/b3*7-5+;. The molecule has 3 aliphatic heterocycles. The predicted molar refractivity (Wildman–Crippen MR) is 369 cm³/mol. The van der Waals surface area contributed by atoms with Gasteiger partial charge in [0.15, 0.2) is 29.5 Å². The number of anilines is 3. The molecular weight excluding hydrogens is 1340 g/mol. The highest BCUT2D eigenvalue weighted by Crippen LogP contribution is 2.43. The summed E-state index contributed by atoms with van der Waals surface area (Å²) in [7, 11) is -5.90. The maximum atomic E-state index is 13.1. The molecule has 29 heteroatoms. The average Bonchev–Trinajstić information content (AvgIpc) is 1.65. The highest BCUT2D eigenvalue weighted by atomic mass is 32.2. The summed E-state index contributed by atoms with van der Waals surface area (Å²) in [4.78, 5) is 90.8. The monoisotopic (exact) mass is 1420 g/mol. The number of nitrogens with one attached hydrogen (secondary N) is 6. The third-order valence-electron chi connectivity index (χ3n) is 16.7. The van der Waals surface area contributed by atoms with Crippen molar-refractivity contribution in [3.8, 4) is 0 Å². The van der Waals surface area contributed by atoms with Gasteiger partial charge in [0, 0.05) is 65.1 Å². The molecule has 0 radical (unpaired) electrons. The van der Waals surface area contributed by atoms with E-state index < -0.39 is 29.5 Å². The van der Waals surface area contributed by atoms with Gasteiger partial charge in [0.2, 0.25) is 24.1 Å². The molecule has 0 saturated carbocycles. The number of thiophene rings is 3. The van der Waals surface area contributed by atoms with Crippen LogP contribution in [-0.2, 0) is 87.2 Å². The first-order valence-corrected chi connectivity index (χ1v) is 39.3. The molecule has 6 aromatic rings. The number of carbonyl (C=O) groups excluding carboxylic acids is 7. The molecule has 0 spiro atoms. The molecule has 6 aromatic heterocycles. The number of fused-ring (bicyclic) bond motifs is 3. The van der Waals surface area contributed by atoms with E-state index >= 15 is 0 Å². The molecule has 6 unspecified atom stereocenters. The van der Waals surface area contributed by atoms with Crippen molar-refractivity contribution in [3.05, 3.63) is 139 Å². The maximum Gasteiger partial charge on any atom is 0.254 e. The van der Waals surface area contributed by atoms with Gasteiger partial charge >= 0.3 is 0 Å². The van der Waals surface area contributed by atoms with Gasteiger partial charge in [0.25, 0.3) is 17.7 Å². The van der Waals surface area contributed by atoms with E-state index in [9.17, 15) is 58.8 Å². The van der Waals surface area contributed by atoms with Gasteiger partial charge in [-0.1, -0.05) is 20.8 Å². The summed E-state index contributed by atoms with van der Waals surface area (Å²) in [5, 5.41) is 18.7. The lowest BCUT2D eigenvalue weighted by Crippen LogP contribution is -2.36. The van der Waals surface area contributed by atoms with Crippen LogP contribution in [0.25, 0.3) is 18.2 Å². The zero-order valence-electron chi connectivity index (χ0n) is 53.4. The minimum Gasteiger partial charge on any atom is -0.465 e. The van der Waals surface area contributed by atoms with E-state index in [4.69, 9.17) is 13.3 Å². The van der Waals surface area contributed by atoms with Crippen molar-refractivity contribution in [2.75, 3.05) is 64.6 Å². The number of hydrogen-bond acceptors (Lipinski definition) is 19. The van der Waals surface area contributed by atoms with E-state index in [1.165, 1.54) is 75.9 Å². The molecule has 95 heavy (non-hydrogen) atoms. The quantitative estimate of drug-likeness (QED) is 0.0389. The Morgan fingerprint density at radius 3 is 0.958 bits per heavy atom. The second-order valence-electron chi connectivity index (χ2n) is 25.0. The minimum atomic E-state index is -3.09. The van der Waals surface area contributed by atoms with Crippen LogP contribution in [-0.4, -0.2) is 139 Å². The van der Waals surface area contributed by atoms with Gasteiger partial charge in [0.05, 0.1) is 70.0 Å². The second-order valence-corrected chi connectivity index (χ2v) is 35.0. The van der Waals surface area contributed by atoms with Crippen molar-refractivity contribution in [1.29, 1.82) is 0 Å². The second kappa shape index (κ2) is 31.9. The van der Waals surface area contributed by atoms with Gasteiger partial charge in [-0.2, -0.15) is 0 Å². The molecule has 6 atom stereocenters. The van der Waals surface area contributed by atoms with Crippen LogP contribution >= 0.6 is 34.0 Å². The van der Waals surface area contributed by atoms with Crippen LogP contribution in [0.3, 0.4) is 0 Å². The molecule has 6 N–H and O–H groups in total. The summed E-state index contributed by atoms with van der Waals surface area (Å²) in [5.41, 5.74) is 4.35. The fraction of sp³-hybridized carbons (Fsp3) is 0.439. The minimum absolute atomic E-state index is 0.0321. The molecule has 3 saturated heterocycles. The van der Waals surface area contributed by atoms with Crippen molar-refractivity contribution in [2.45, 2.75) is 116 Å². The number of furan rings is 3. The van der Waals surface area contributed by atoms with Gasteiger partial charge < -0.3 is 50.1 Å². The van der Waals surface area contributed by atoms with E-state index in [1.54, 1.807) is 68.7 Å². The van der Waals surface area contributed by atoms with Crippen LogP contribution in [0.4, 0.5) is 15.0 Å². The molecule has 0 aromatic carbocycles. The summed E-state index contributed by atoms with van der Waals surface area (Å²) >= 11 is 4.31. The molecule has 6 aliphatic rings. The fourth-order valence-corrected chi connectivity index (χ4v) is 21.1. The van der Waals surface area contributed by atoms with E-state index in [0.29, 0.717) is 86.0 Å². The number of rotatable bonds is 16. The lowest BCUT2D eigenvalue weighted by Gasteiger charge is -2.19. The van der Waals surface area contributed by atoms with Crippen molar-refractivity contribution < 1.29 is 72.1 Å². The third kappa shape index (κ3) is 20.2. The van der Waals surface area contributed by atoms with E-state index in [0.717, 1.165) is 95.5 Å². The van der Waals surface area contributed by atoms with Crippen molar-refractivity contribution >= 4 is 139 Å². The Morgan fingerprint density at radius 2 is 0.737 bits per heavy atom. The van der Waals surface area contributed by atoms with Crippen molar-refractivity contribution in [3.63, 3.8) is 0 Å². The number of hydrogen-bond donors (Lipinski definition) is 6. The van der Waals surface area contributed by atoms with Crippen LogP contribution in [0, 0.1) is 17.8 Å². The Labute approximate surface area is 564 Å². The van der Waals surface area contributed by atoms with E-state index in [-0.39, 0.29) is 88.1 Å². The molecule has 0 bridgehead atoms. The summed E-state index contributed by atoms with van der Waals surface area (Å²) in [6.07, 6.45) is 23.3. The highest BCUT2D eigenvalue weighted by molar-refractivity contribution is 7.92. The molecule has 12 rings (SSSR count). The number of nitrogens with zero attached hydrogens (tertiary/aromatic N) is 1. The average molecular weight is 1420 g/mol. The normalized spacial score (nSPS) is 21.9. The summed E-state index contributed by atoms with van der Waals surface area (Å²) in [6.45, 7) is 6.53. The van der Waals surface area contributed by atoms with E-state index in [1.807, 2.05) is 0 Å². The Balaban J connectivity index is 0.000000161. The Bertz CT molecular complexity index is 3780. The fourth-order valence-electron chi connectivity index (χ4n) is 11.8. The number of amides is 7. The Hall–Kier alpha value is -7.70.